The summed E-state index contributed by atoms with van der Waals surface area (Å²) < 4.78 is 17.6. The van der Waals surface area contributed by atoms with Crippen LogP contribution < -0.4 is 5.32 Å². The molecule has 0 aromatic heterocycles. The maximum atomic E-state index is 13.5. The van der Waals surface area contributed by atoms with Crippen molar-refractivity contribution in [2.45, 2.75) is 64.2 Å². The summed E-state index contributed by atoms with van der Waals surface area (Å²) in [6.45, 7) is 2.38. The van der Waals surface area contributed by atoms with Crippen molar-refractivity contribution in [1.29, 1.82) is 0 Å². The number of ether oxygens (including phenoxy) is 1. The zero-order valence-corrected chi connectivity index (χ0v) is 21.3. The summed E-state index contributed by atoms with van der Waals surface area (Å²) in [5, 5.41) is 2.61. The Morgan fingerprint density at radius 3 is 2.46 bits per heavy atom. The minimum Gasteiger partial charge on any atom is -0.453 e. The number of benzene rings is 2. The highest BCUT2D eigenvalue weighted by molar-refractivity contribution is 6.01. The number of fused-ring (bicyclic) bond motifs is 1. The monoisotopic (exact) mass is 509 g/mol. The average Bonchev–Trinajstić information content (AvgIpc) is 3.49. The van der Waals surface area contributed by atoms with Gasteiger partial charge in [-0.25, -0.2) is 9.18 Å². The molecule has 1 saturated heterocycles. The highest BCUT2D eigenvalue weighted by atomic mass is 19.1. The molecule has 0 bridgehead atoms. The van der Waals surface area contributed by atoms with Crippen LogP contribution in [0.3, 0.4) is 0 Å². The third-order valence-corrected chi connectivity index (χ3v) is 7.37. The third-order valence-electron chi connectivity index (χ3n) is 7.37. The Kier molecular flexibility index (Phi) is 7.90. The quantitative estimate of drug-likeness (QED) is 0.619. The number of nitrogens with zero attached hydrogens (tertiary/aromatic N) is 2. The third kappa shape index (κ3) is 5.50. The largest absolute Gasteiger partial charge is 0.453 e. The number of hydrogen-bond donors (Lipinski definition) is 1. The second-order valence-corrected chi connectivity index (χ2v) is 9.68. The molecule has 2 aromatic rings. The van der Waals surface area contributed by atoms with Gasteiger partial charge in [0.1, 0.15) is 13.2 Å². The molecule has 0 radical (unpaired) electrons. The molecule has 0 spiro atoms. The van der Waals surface area contributed by atoms with E-state index in [1.807, 2.05) is 19.1 Å². The normalized spacial score (nSPS) is 20.3. The minimum atomic E-state index is -0.584. The highest BCUT2D eigenvalue weighted by Crippen LogP contribution is 2.38. The summed E-state index contributed by atoms with van der Waals surface area (Å²) in [6, 6.07) is 12.1. The molecule has 4 rings (SSSR count). The van der Waals surface area contributed by atoms with E-state index in [-0.39, 0.29) is 24.5 Å². The van der Waals surface area contributed by atoms with Gasteiger partial charge in [0.05, 0.1) is 19.1 Å². The molecule has 37 heavy (non-hydrogen) atoms. The van der Waals surface area contributed by atoms with Crippen LogP contribution in [-0.4, -0.2) is 53.3 Å². The van der Waals surface area contributed by atoms with E-state index >= 15 is 0 Å². The number of anilines is 1. The maximum Gasteiger partial charge on any atom is 0.411 e. The number of aryl methyl sites for hydroxylation is 1. The molecule has 2 aliphatic rings. The zero-order valence-electron chi connectivity index (χ0n) is 21.3. The Bertz CT molecular complexity index is 1200. The van der Waals surface area contributed by atoms with Crippen molar-refractivity contribution in [3.05, 3.63) is 64.7 Å². The molecular weight excluding hydrogens is 477 g/mol. The van der Waals surface area contributed by atoms with Crippen molar-refractivity contribution in [3.8, 4) is 0 Å². The topological polar surface area (TPSA) is 96.0 Å². The van der Waals surface area contributed by atoms with E-state index in [1.54, 1.807) is 35.2 Å². The van der Waals surface area contributed by atoms with Crippen LogP contribution in [0, 0.1) is 0 Å². The lowest BCUT2D eigenvalue weighted by Gasteiger charge is -2.32. The summed E-state index contributed by atoms with van der Waals surface area (Å²) in [7, 11) is 1.28. The molecule has 4 amide bonds. The first-order valence-corrected chi connectivity index (χ1v) is 12.5. The summed E-state index contributed by atoms with van der Waals surface area (Å²) in [5.41, 5.74) is 3.75. The molecule has 8 nitrogen and oxygen atoms in total. The van der Waals surface area contributed by atoms with E-state index in [9.17, 15) is 23.6 Å². The standard InChI is InChI=1S/C28H32FN3O5/c1-17-4-13-25(20-7-5-19(15-29)6-8-20)32(17)26(34)16-31(18(2)33)27(35)24-11-9-21-14-22(10-12-23(21)24)30-28(36)37-3/h5-8,10,12,14,17,24-25H,4,9,11,13,15-16H2,1-3H3,(H,30,36). The molecule has 196 valence electrons. The lowest BCUT2D eigenvalue weighted by Crippen LogP contribution is -2.47. The van der Waals surface area contributed by atoms with Crippen molar-refractivity contribution in [2.75, 3.05) is 19.0 Å². The molecule has 1 fully saturated rings. The van der Waals surface area contributed by atoms with Gasteiger partial charge in [-0.05, 0) is 67.0 Å². The first kappa shape index (κ1) is 26.3. The molecule has 2 aromatic carbocycles. The SMILES string of the molecule is COC(=O)Nc1ccc2c(c1)CCC2C(=O)N(CC(=O)N1C(C)CCC1c1ccc(CF)cc1)C(C)=O. The van der Waals surface area contributed by atoms with Crippen LogP contribution in [0.5, 0.6) is 0 Å². The second kappa shape index (κ2) is 11.1. The van der Waals surface area contributed by atoms with E-state index in [1.165, 1.54) is 14.0 Å². The number of methoxy groups -OCH3 is 1. The molecule has 1 N–H and O–H groups in total. The van der Waals surface area contributed by atoms with E-state index < -0.39 is 30.5 Å². The van der Waals surface area contributed by atoms with E-state index in [2.05, 4.69) is 10.1 Å². The minimum absolute atomic E-state index is 0.0461. The van der Waals surface area contributed by atoms with Crippen LogP contribution in [0.1, 0.15) is 67.3 Å². The molecule has 1 aliphatic heterocycles. The number of alkyl halides is 1. The Balaban J connectivity index is 1.50. The van der Waals surface area contributed by atoms with Gasteiger partial charge in [-0.2, -0.15) is 0 Å². The maximum absolute atomic E-state index is 13.5. The van der Waals surface area contributed by atoms with E-state index in [4.69, 9.17) is 0 Å². The number of halogens is 1. The van der Waals surface area contributed by atoms with Crippen molar-refractivity contribution in [1.82, 2.24) is 9.80 Å². The fourth-order valence-electron chi connectivity index (χ4n) is 5.43. The van der Waals surface area contributed by atoms with Gasteiger partial charge >= 0.3 is 6.09 Å². The Labute approximate surface area is 215 Å². The van der Waals surface area contributed by atoms with Crippen LogP contribution in [0.15, 0.2) is 42.5 Å². The number of imide groups is 1. The molecule has 9 heteroatoms. The van der Waals surface area contributed by atoms with Crippen LogP contribution in [0.2, 0.25) is 0 Å². The zero-order chi connectivity index (χ0) is 26.7. The predicted molar refractivity (Wildman–Crippen MR) is 135 cm³/mol. The number of amides is 4. The lowest BCUT2D eigenvalue weighted by atomic mass is 9.99. The van der Waals surface area contributed by atoms with Gasteiger partial charge in [-0.15, -0.1) is 0 Å². The lowest BCUT2D eigenvalue weighted by molar-refractivity contribution is -0.151. The van der Waals surface area contributed by atoms with Crippen LogP contribution >= 0.6 is 0 Å². The first-order chi connectivity index (χ1) is 17.7. The average molecular weight is 510 g/mol. The van der Waals surface area contributed by atoms with Crippen LogP contribution in [0.4, 0.5) is 14.9 Å². The van der Waals surface area contributed by atoms with Crippen LogP contribution in [-0.2, 0) is 32.2 Å². The van der Waals surface area contributed by atoms with Crippen molar-refractivity contribution in [3.63, 3.8) is 0 Å². The number of carbonyl (C=O) groups is 4. The first-order valence-electron chi connectivity index (χ1n) is 12.5. The Morgan fingerprint density at radius 1 is 1.08 bits per heavy atom. The molecular formula is C28H32FN3O5. The van der Waals surface area contributed by atoms with Gasteiger partial charge in [0.15, 0.2) is 0 Å². The summed E-state index contributed by atoms with van der Waals surface area (Å²) in [6.07, 6.45) is 2.10. The van der Waals surface area contributed by atoms with Crippen LogP contribution in [0.25, 0.3) is 0 Å². The fourth-order valence-corrected chi connectivity index (χ4v) is 5.43. The summed E-state index contributed by atoms with van der Waals surface area (Å²) in [5.74, 6) is -1.71. The van der Waals surface area contributed by atoms with Gasteiger partial charge in [-0.1, -0.05) is 30.3 Å². The number of carbonyl (C=O) groups excluding carboxylic acids is 4. The van der Waals surface area contributed by atoms with Gasteiger partial charge in [-0.3, -0.25) is 24.6 Å². The fraction of sp³-hybridized carbons (Fsp3) is 0.429. The summed E-state index contributed by atoms with van der Waals surface area (Å²) >= 11 is 0. The molecule has 3 unspecified atom stereocenters. The van der Waals surface area contributed by atoms with Crippen molar-refractivity contribution >= 4 is 29.5 Å². The van der Waals surface area contributed by atoms with Crippen molar-refractivity contribution < 1.29 is 28.3 Å². The van der Waals surface area contributed by atoms with E-state index in [0.29, 0.717) is 24.1 Å². The Hall–Kier alpha value is -3.75. The number of nitrogens with one attached hydrogen (secondary N) is 1. The predicted octanol–water partition coefficient (Wildman–Crippen LogP) is 4.49. The second-order valence-electron chi connectivity index (χ2n) is 9.68. The molecule has 1 heterocycles. The molecule has 1 aliphatic carbocycles. The highest BCUT2D eigenvalue weighted by Gasteiger charge is 2.39. The summed E-state index contributed by atoms with van der Waals surface area (Å²) in [4.78, 5) is 53.9. The van der Waals surface area contributed by atoms with Gasteiger partial charge in [0, 0.05) is 18.7 Å². The molecule has 0 saturated carbocycles. The Morgan fingerprint density at radius 2 is 1.81 bits per heavy atom. The van der Waals surface area contributed by atoms with Crippen molar-refractivity contribution in [2.24, 2.45) is 0 Å². The van der Waals surface area contributed by atoms with E-state index in [0.717, 1.165) is 34.4 Å². The number of hydrogen-bond acceptors (Lipinski definition) is 5. The molecule has 3 atom stereocenters. The number of rotatable bonds is 6. The number of likely N-dealkylation sites (tertiary alicyclic amines) is 1. The van der Waals surface area contributed by atoms with Gasteiger partial charge in [0.25, 0.3) is 0 Å². The smallest absolute Gasteiger partial charge is 0.411 e. The van der Waals surface area contributed by atoms with Gasteiger partial charge < -0.3 is 9.64 Å². The van der Waals surface area contributed by atoms with Gasteiger partial charge in [0.2, 0.25) is 17.7 Å².